The van der Waals surface area contributed by atoms with Crippen LogP contribution in [0.3, 0.4) is 0 Å². The van der Waals surface area contributed by atoms with Crippen molar-refractivity contribution >= 4 is 10.1 Å². The maximum absolute atomic E-state index is 11.7. The molecule has 0 aliphatic carbocycles. The van der Waals surface area contributed by atoms with Crippen molar-refractivity contribution in [2.24, 2.45) is 0 Å². The minimum Gasteiger partial charge on any atom is -0.744 e. The zero-order chi connectivity index (χ0) is 16.7. The largest absolute Gasteiger partial charge is 1.00 e. The molecule has 124 valence electrons. The van der Waals surface area contributed by atoms with Gasteiger partial charge in [-0.3, -0.25) is 0 Å². The van der Waals surface area contributed by atoms with Gasteiger partial charge in [-0.05, 0) is 36.6 Å². The van der Waals surface area contributed by atoms with E-state index in [0.717, 1.165) is 25.7 Å². The number of para-hydroxylation sites is 1. The Labute approximate surface area is 166 Å². The Morgan fingerprint density at radius 3 is 2.29 bits per heavy atom. The second-order valence-electron chi connectivity index (χ2n) is 5.42. The van der Waals surface area contributed by atoms with Crippen LogP contribution in [0.15, 0.2) is 53.4 Å². The van der Waals surface area contributed by atoms with Crippen LogP contribution in [0.1, 0.15) is 38.2 Å². The molecule has 6 heteroatoms. The normalized spacial score (nSPS) is 10.9. The molecule has 2 aromatic rings. The molecule has 0 heterocycles. The molecule has 2 aromatic carbocycles. The number of hydrogen-bond acceptors (Lipinski definition) is 4. The number of unbranched alkanes of at least 4 members (excludes halogenated alkanes) is 3. The first kappa shape index (κ1) is 21.2. The summed E-state index contributed by atoms with van der Waals surface area (Å²) in [7, 11) is -4.60. The first-order valence-electron chi connectivity index (χ1n) is 7.83. The third-order valence-electron chi connectivity index (χ3n) is 3.58. The third kappa shape index (κ3) is 6.22. The summed E-state index contributed by atoms with van der Waals surface area (Å²) in [5, 5.41) is 0. The van der Waals surface area contributed by atoms with Crippen LogP contribution >= 0.6 is 0 Å². The maximum atomic E-state index is 11.7. The average molecular weight is 356 g/mol. The van der Waals surface area contributed by atoms with E-state index < -0.39 is 10.1 Å². The van der Waals surface area contributed by atoms with Crippen molar-refractivity contribution in [1.82, 2.24) is 0 Å². The molecule has 0 N–H and O–H groups in total. The van der Waals surface area contributed by atoms with Gasteiger partial charge in [0.1, 0.15) is 26.5 Å². The second kappa shape index (κ2) is 10.2. The summed E-state index contributed by atoms with van der Waals surface area (Å²) in [4.78, 5) is -0.236. The number of hydrogen-bond donors (Lipinski definition) is 0. The summed E-state index contributed by atoms with van der Waals surface area (Å²) in [5.41, 5.74) is 0.532. The molecule has 0 amide bonds. The van der Waals surface area contributed by atoms with Gasteiger partial charge in [0.15, 0.2) is 0 Å². The molecular weight excluding hydrogens is 335 g/mol. The van der Waals surface area contributed by atoms with Crippen LogP contribution in [-0.4, -0.2) is 13.0 Å². The topological polar surface area (TPSA) is 66.4 Å². The van der Waals surface area contributed by atoms with E-state index in [4.69, 9.17) is 4.74 Å². The standard InChI is InChI=1S/C18H22O4S.Na/c1-2-3-4-6-10-15-11-9-14-17(18(15)23(19,20)21)22-16-12-7-5-8-13-16;/h5,7-9,11-14H,2-4,6,10H2,1H3,(H,19,20,21);/q;+1/p-1. The van der Waals surface area contributed by atoms with Gasteiger partial charge in [0.25, 0.3) is 0 Å². The van der Waals surface area contributed by atoms with Crippen molar-refractivity contribution in [3.63, 3.8) is 0 Å². The molecule has 0 fully saturated rings. The van der Waals surface area contributed by atoms with Crippen LogP contribution in [-0.2, 0) is 16.5 Å². The van der Waals surface area contributed by atoms with Gasteiger partial charge in [0.05, 0.1) is 0 Å². The Kier molecular flexibility index (Phi) is 9.02. The van der Waals surface area contributed by atoms with E-state index in [0.29, 0.717) is 17.7 Å². The van der Waals surface area contributed by atoms with Gasteiger partial charge in [-0.25, -0.2) is 8.42 Å². The minimum atomic E-state index is -4.60. The van der Waals surface area contributed by atoms with Crippen LogP contribution in [0.2, 0.25) is 0 Å². The number of ether oxygens (including phenoxy) is 1. The van der Waals surface area contributed by atoms with E-state index >= 15 is 0 Å². The summed E-state index contributed by atoms with van der Waals surface area (Å²) in [6.07, 6.45) is 4.62. The predicted octanol–water partition coefficient (Wildman–Crippen LogP) is 1.51. The summed E-state index contributed by atoms with van der Waals surface area (Å²) < 4.78 is 40.8. The fraction of sp³-hybridized carbons (Fsp3) is 0.333. The summed E-state index contributed by atoms with van der Waals surface area (Å²) in [6, 6.07) is 13.8. The Hall–Kier alpha value is -0.850. The van der Waals surface area contributed by atoms with E-state index in [1.165, 1.54) is 6.07 Å². The molecule has 2 rings (SSSR count). The van der Waals surface area contributed by atoms with Crippen molar-refractivity contribution in [3.8, 4) is 11.5 Å². The fourth-order valence-electron chi connectivity index (χ4n) is 2.48. The van der Waals surface area contributed by atoms with Crippen molar-refractivity contribution in [2.75, 3.05) is 0 Å². The van der Waals surface area contributed by atoms with Gasteiger partial charge < -0.3 is 9.29 Å². The van der Waals surface area contributed by atoms with E-state index in [1.54, 1.807) is 36.4 Å². The van der Waals surface area contributed by atoms with E-state index in [1.807, 2.05) is 6.07 Å². The molecule has 4 nitrogen and oxygen atoms in total. The molecular formula is C18H21NaO4S. The Bertz CT molecular complexity index is 730. The zero-order valence-electron chi connectivity index (χ0n) is 14.2. The number of rotatable bonds is 8. The predicted molar refractivity (Wildman–Crippen MR) is 88.8 cm³/mol. The molecule has 0 unspecified atom stereocenters. The molecule has 0 bridgehead atoms. The third-order valence-corrected chi connectivity index (χ3v) is 4.54. The summed E-state index contributed by atoms with van der Waals surface area (Å²) in [6.45, 7) is 2.11. The van der Waals surface area contributed by atoms with Gasteiger partial charge in [-0.1, -0.05) is 56.5 Å². The van der Waals surface area contributed by atoms with Crippen LogP contribution in [0, 0.1) is 0 Å². The molecule has 0 aliphatic rings. The van der Waals surface area contributed by atoms with Crippen LogP contribution in [0.4, 0.5) is 0 Å². The smallest absolute Gasteiger partial charge is 0.744 e. The fourth-order valence-corrected chi connectivity index (χ4v) is 3.33. The zero-order valence-corrected chi connectivity index (χ0v) is 17.0. The molecule has 0 atom stereocenters. The van der Waals surface area contributed by atoms with E-state index in [-0.39, 0.29) is 40.2 Å². The Balaban J connectivity index is 0.00000288. The van der Waals surface area contributed by atoms with Gasteiger partial charge in [0, 0.05) is 0 Å². The van der Waals surface area contributed by atoms with E-state index in [9.17, 15) is 13.0 Å². The number of benzene rings is 2. The second-order valence-corrected chi connectivity index (χ2v) is 6.74. The SMILES string of the molecule is CCCCCCc1cccc(Oc2ccccc2)c1S(=O)(=O)[O-].[Na+]. The van der Waals surface area contributed by atoms with E-state index in [2.05, 4.69) is 6.92 Å². The molecule has 0 aromatic heterocycles. The van der Waals surface area contributed by atoms with Crippen molar-refractivity contribution < 1.29 is 47.3 Å². The molecule has 0 radical (unpaired) electrons. The average Bonchev–Trinajstić information content (AvgIpc) is 2.51. The number of aryl methyl sites for hydroxylation is 1. The van der Waals surface area contributed by atoms with Gasteiger partial charge in [-0.2, -0.15) is 0 Å². The monoisotopic (exact) mass is 356 g/mol. The first-order chi connectivity index (χ1) is 11.0. The molecule has 0 spiro atoms. The minimum absolute atomic E-state index is 0. The summed E-state index contributed by atoms with van der Waals surface area (Å²) >= 11 is 0. The van der Waals surface area contributed by atoms with Crippen molar-refractivity contribution in [1.29, 1.82) is 0 Å². The molecule has 0 saturated carbocycles. The van der Waals surface area contributed by atoms with Crippen LogP contribution < -0.4 is 34.3 Å². The Morgan fingerprint density at radius 1 is 0.958 bits per heavy atom. The molecule has 0 saturated heterocycles. The quantitative estimate of drug-likeness (QED) is 0.409. The van der Waals surface area contributed by atoms with Gasteiger partial charge >= 0.3 is 29.6 Å². The molecule has 0 aliphatic heterocycles. The summed E-state index contributed by atoms with van der Waals surface area (Å²) in [5.74, 6) is 0.597. The van der Waals surface area contributed by atoms with Crippen LogP contribution in [0.5, 0.6) is 11.5 Å². The van der Waals surface area contributed by atoms with Crippen LogP contribution in [0.25, 0.3) is 0 Å². The van der Waals surface area contributed by atoms with Gasteiger partial charge in [-0.15, -0.1) is 0 Å². The van der Waals surface area contributed by atoms with Gasteiger partial charge in [0.2, 0.25) is 0 Å². The van der Waals surface area contributed by atoms with Crippen molar-refractivity contribution in [2.45, 2.75) is 43.9 Å². The van der Waals surface area contributed by atoms with Crippen molar-refractivity contribution in [3.05, 3.63) is 54.1 Å². The Morgan fingerprint density at radius 2 is 1.67 bits per heavy atom. The molecule has 24 heavy (non-hydrogen) atoms. The maximum Gasteiger partial charge on any atom is 1.00 e. The first-order valence-corrected chi connectivity index (χ1v) is 9.24.